The van der Waals surface area contributed by atoms with E-state index in [4.69, 9.17) is 5.73 Å². The van der Waals surface area contributed by atoms with Crippen molar-refractivity contribution in [2.24, 2.45) is 5.73 Å². The first-order valence-electron chi connectivity index (χ1n) is 7.82. The van der Waals surface area contributed by atoms with E-state index in [2.05, 4.69) is 0 Å². The molecule has 0 aliphatic carbocycles. The van der Waals surface area contributed by atoms with E-state index in [-0.39, 0.29) is 41.5 Å². The van der Waals surface area contributed by atoms with Gasteiger partial charge in [0.15, 0.2) is 0 Å². The molecule has 1 aliphatic heterocycles. The minimum Gasteiger partial charge on any atom is -0.336 e. The van der Waals surface area contributed by atoms with Crippen LogP contribution in [0.1, 0.15) is 27.4 Å². The number of halogens is 1. The maximum Gasteiger partial charge on any atom is 0.282 e. The molecule has 0 aromatic heterocycles. The molecule has 3 rings (SSSR count). The lowest BCUT2D eigenvalue weighted by atomic mass is 9.95. The molecule has 25 heavy (non-hydrogen) atoms. The normalized spacial score (nSPS) is 19.4. The van der Waals surface area contributed by atoms with E-state index in [1.54, 1.807) is 17.0 Å². The highest BCUT2D eigenvalue weighted by atomic mass is 35.5. The van der Waals surface area contributed by atoms with Gasteiger partial charge in [-0.3, -0.25) is 14.9 Å². The van der Waals surface area contributed by atoms with Crippen molar-refractivity contribution in [3.63, 3.8) is 0 Å². The molecular formula is C18H20ClN3O3. The first-order chi connectivity index (χ1) is 11.5. The van der Waals surface area contributed by atoms with E-state index in [1.165, 1.54) is 6.07 Å². The number of rotatable bonds is 3. The molecule has 0 bridgehead atoms. The Morgan fingerprint density at radius 3 is 2.52 bits per heavy atom. The van der Waals surface area contributed by atoms with E-state index >= 15 is 0 Å². The number of aryl methyl sites for hydroxylation is 1. The number of benzene rings is 2. The van der Waals surface area contributed by atoms with Crippen molar-refractivity contribution in [3.05, 3.63) is 75.3 Å². The molecule has 1 heterocycles. The Labute approximate surface area is 152 Å². The summed E-state index contributed by atoms with van der Waals surface area (Å²) in [5, 5.41) is 11.2. The van der Waals surface area contributed by atoms with Crippen molar-refractivity contribution in [2.45, 2.75) is 18.9 Å². The van der Waals surface area contributed by atoms with E-state index in [9.17, 15) is 14.9 Å². The summed E-state index contributed by atoms with van der Waals surface area (Å²) in [4.78, 5) is 25.1. The number of nitrogens with two attached hydrogens (primary N) is 1. The molecule has 132 valence electrons. The van der Waals surface area contributed by atoms with E-state index in [0.717, 1.165) is 11.1 Å². The average Bonchev–Trinajstić information content (AvgIpc) is 2.96. The monoisotopic (exact) mass is 361 g/mol. The Hall–Kier alpha value is -2.44. The van der Waals surface area contributed by atoms with Crippen molar-refractivity contribution in [1.82, 2.24) is 4.90 Å². The Bertz CT molecular complexity index is 782. The summed E-state index contributed by atoms with van der Waals surface area (Å²) in [5.41, 5.74) is 8.07. The minimum atomic E-state index is -0.517. The third kappa shape index (κ3) is 3.81. The van der Waals surface area contributed by atoms with Crippen LogP contribution in [0.25, 0.3) is 0 Å². The van der Waals surface area contributed by atoms with Crippen LogP contribution in [0.2, 0.25) is 0 Å². The zero-order valence-electron chi connectivity index (χ0n) is 13.8. The van der Waals surface area contributed by atoms with Crippen LogP contribution < -0.4 is 5.73 Å². The van der Waals surface area contributed by atoms with Crippen molar-refractivity contribution in [3.8, 4) is 0 Å². The lowest BCUT2D eigenvalue weighted by Gasteiger charge is -2.17. The lowest BCUT2D eigenvalue weighted by molar-refractivity contribution is -0.385. The molecule has 2 atom stereocenters. The molecule has 6 nitrogen and oxygen atoms in total. The number of nitro benzene ring substituents is 1. The number of hydrogen-bond donors (Lipinski definition) is 1. The summed E-state index contributed by atoms with van der Waals surface area (Å²) in [6.07, 6.45) is 0. The first-order valence-corrected chi connectivity index (χ1v) is 7.82. The van der Waals surface area contributed by atoms with Gasteiger partial charge in [-0.05, 0) is 24.1 Å². The zero-order valence-corrected chi connectivity index (χ0v) is 14.6. The number of amides is 1. The summed E-state index contributed by atoms with van der Waals surface area (Å²) in [5.74, 6) is -0.293. The third-order valence-electron chi connectivity index (χ3n) is 4.46. The molecule has 0 radical (unpaired) electrons. The summed E-state index contributed by atoms with van der Waals surface area (Å²) in [6.45, 7) is 2.67. The van der Waals surface area contributed by atoms with Gasteiger partial charge < -0.3 is 10.6 Å². The first kappa shape index (κ1) is 18.9. The van der Waals surface area contributed by atoms with Gasteiger partial charge in [-0.2, -0.15) is 0 Å². The predicted molar refractivity (Wildman–Crippen MR) is 98.1 cm³/mol. The van der Waals surface area contributed by atoms with Crippen LogP contribution in [0.4, 0.5) is 5.69 Å². The van der Waals surface area contributed by atoms with Gasteiger partial charge in [0, 0.05) is 31.1 Å². The van der Waals surface area contributed by atoms with Crippen LogP contribution in [-0.4, -0.2) is 34.9 Å². The molecule has 0 spiro atoms. The molecular weight excluding hydrogens is 342 g/mol. The predicted octanol–water partition coefficient (Wildman–Crippen LogP) is 2.89. The molecule has 1 amide bonds. The van der Waals surface area contributed by atoms with Crippen LogP contribution in [0, 0.1) is 17.0 Å². The highest BCUT2D eigenvalue weighted by Gasteiger charge is 2.36. The SMILES string of the molecule is Cc1ccc([N+](=O)[O-])c(C(=O)N2C[C@@H](N)[C@H](c3ccccc3)C2)c1.Cl. The van der Waals surface area contributed by atoms with Gasteiger partial charge in [-0.1, -0.05) is 36.4 Å². The molecule has 2 aromatic carbocycles. The lowest BCUT2D eigenvalue weighted by Crippen LogP contribution is -2.32. The van der Waals surface area contributed by atoms with Gasteiger partial charge in [-0.25, -0.2) is 0 Å². The fourth-order valence-electron chi connectivity index (χ4n) is 3.20. The second-order valence-electron chi connectivity index (χ2n) is 6.17. The standard InChI is InChI=1S/C18H19N3O3.ClH/c1-12-7-8-17(21(23)24)14(9-12)18(22)20-10-15(16(19)11-20)13-5-3-2-4-6-13;/h2-9,15-16H,10-11,19H2,1H3;1H/t15-,16+;/m0./s1. The van der Waals surface area contributed by atoms with E-state index < -0.39 is 4.92 Å². The number of nitrogens with zero attached hydrogens (tertiary/aromatic N) is 2. The molecule has 1 fully saturated rings. The Morgan fingerprint density at radius 2 is 1.88 bits per heavy atom. The maximum atomic E-state index is 12.8. The number of carbonyl (C=O) groups is 1. The van der Waals surface area contributed by atoms with Crippen LogP contribution in [-0.2, 0) is 0 Å². The van der Waals surface area contributed by atoms with Gasteiger partial charge in [0.25, 0.3) is 11.6 Å². The summed E-state index contributed by atoms with van der Waals surface area (Å²) in [6, 6.07) is 14.2. The fourth-order valence-corrected chi connectivity index (χ4v) is 3.20. The van der Waals surface area contributed by atoms with Crippen LogP contribution in [0.15, 0.2) is 48.5 Å². The number of hydrogen-bond acceptors (Lipinski definition) is 4. The minimum absolute atomic E-state index is 0. The van der Waals surface area contributed by atoms with Gasteiger partial charge in [-0.15, -0.1) is 12.4 Å². The quantitative estimate of drug-likeness (QED) is 0.672. The maximum absolute atomic E-state index is 12.8. The summed E-state index contributed by atoms with van der Waals surface area (Å²) >= 11 is 0. The second-order valence-corrected chi connectivity index (χ2v) is 6.17. The highest BCUT2D eigenvalue weighted by Crippen LogP contribution is 2.29. The fraction of sp³-hybridized carbons (Fsp3) is 0.278. The van der Waals surface area contributed by atoms with E-state index in [0.29, 0.717) is 13.1 Å². The Balaban J connectivity index is 0.00000225. The molecule has 7 heteroatoms. The van der Waals surface area contributed by atoms with Gasteiger partial charge in [0.1, 0.15) is 5.56 Å². The molecule has 0 unspecified atom stereocenters. The molecule has 1 saturated heterocycles. The summed E-state index contributed by atoms with van der Waals surface area (Å²) < 4.78 is 0. The van der Waals surface area contributed by atoms with Crippen LogP contribution in [0.5, 0.6) is 0 Å². The zero-order chi connectivity index (χ0) is 17.3. The Kier molecular flexibility index (Phi) is 5.77. The number of nitro groups is 1. The largest absolute Gasteiger partial charge is 0.336 e. The third-order valence-corrected chi connectivity index (χ3v) is 4.46. The molecule has 1 aliphatic rings. The average molecular weight is 362 g/mol. The number of likely N-dealkylation sites (tertiary alicyclic amines) is 1. The van der Waals surface area contributed by atoms with Crippen molar-refractivity contribution in [1.29, 1.82) is 0 Å². The number of carbonyl (C=O) groups excluding carboxylic acids is 1. The molecule has 2 N–H and O–H groups in total. The second kappa shape index (κ2) is 7.63. The molecule has 2 aromatic rings. The molecule has 0 saturated carbocycles. The van der Waals surface area contributed by atoms with Gasteiger partial charge in [0.2, 0.25) is 0 Å². The van der Waals surface area contributed by atoms with Crippen molar-refractivity contribution < 1.29 is 9.72 Å². The topological polar surface area (TPSA) is 89.5 Å². The van der Waals surface area contributed by atoms with Gasteiger partial charge >= 0.3 is 0 Å². The smallest absolute Gasteiger partial charge is 0.282 e. The van der Waals surface area contributed by atoms with E-state index in [1.807, 2.05) is 37.3 Å². The van der Waals surface area contributed by atoms with Crippen molar-refractivity contribution >= 4 is 24.0 Å². The summed E-state index contributed by atoms with van der Waals surface area (Å²) in [7, 11) is 0. The highest BCUT2D eigenvalue weighted by molar-refractivity contribution is 5.98. The van der Waals surface area contributed by atoms with Crippen molar-refractivity contribution in [2.75, 3.05) is 13.1 Å². The van der Waals surface area contributed by atoms with Gasteiger partial charge in [0.05, 0.1) is 4.92 Å². The van der Waals surface area contributed by atoms with Crippen LogP contribution in [0.3, 0.4) is 0 Å². The van der Waals surface area contributed by atoms with Crippen LogP contribution >= 0.6 is 12.4 Å². The Morgan fingerprint density at radius 1 is 1.20 bits per heavy atom.